The molecule has 3 heteroatoms. The first kappa shape index (κ1) is 6.96. The SMILES string of the molecule is Cc1ccsc1NCS. The molecule has 1 aromatic heterocycles. The van der Waals surface area contributed by atoms with Crippen molar-refractivity contribution in [1.82, 2.24) is 0 Å². The van der Waals surface area contributed by atoms with Crippen LogP contribution in [0.3, 0.4) is 0 Å². The van der Waals surface area contributed by atoms with E-state index in [1.54, 1.807) is 11.3 Å². The predicted octanol–water partition coefficient (Wildman–Crippen LogP) is 2.36. The van der Waals surface area contributed by atoms with Gasteiger partial charge >= 0.3 is 0 Å². The van der Waals surface area contributed by atoms with Crippen LogP contribution in [0, 0.1) is 6.92 Å². The summed E-state index contributed by atoms with van der Waals surface area (Å²) in [6.07, 6.45) is 0. The molecule has 0 aliphatic heterocycles. The summed E-state index contributed by atoms with van der Waals surface area (Å²) in [7, 11) is 0. The Kier molecular flexibility index (Phi) is 2.42. The van der Waals surface area contributed by atoms with Crippen molar-refractivity contribution >= 4 is 29.0 Å². The Hall–Kier alpha value is -0.150. The van der Waals surface area contributed by atoms with E-state index in [9.17, 15) is 0 Å². The first-order valence-electron chi connectivity index (χ1n) is 2.73. The summed E-state index contributed by atoms with van der Waals surface area (Å²) in [5, 5.41) is 6.44. The molecule has 50 valence electrons. The Morgan fingerprint density at radius 2 is 2.56 bits per heavy atom. The normalized spacial score (nSPS) is 9.56. The molecule has 0 aromatic carbocycles. The lowest BCUT2D eigenvalue weighted by Crippen LogP contribution is -1.91. The zero-order valence-corrected chi connectivity index (χ0v) is 6.93. The van der Waals surface area contributed by atoms with Crippen molar-refractivity contribution < 1.29 is 0 Å². The highest BCUT2D eigenvalue weighted by Gasteiger charge is 1.94. The average molecular weight is 159 g/mol. The predicted molar refractivity (Wildman–Crippen MR) is 46.5 cm³/mol. The second-order valence-electron chi connectivity index (χ2n) is 1.77. The number of rotatable bonds is 2. The van der Waals surface area contributed by atoms with Gasteiger partial charge in [0.25, 0.3) is 0 Å². The van der Waals surface area contributed by atoms with Crippen molar-refractivity contribution in [3.05, 3.63) is 17.0 Å². The van der Waals surface area contributed by atoms with Crippen LogP contribution in [0.15, 0.2) is 11.4 Å². The molecule has 0 unspecified atom stereocenters. The summed E-state index contributed by atoms with van der Waals surface area (Å²) in [6, 6.07) is 2.09. The number of hydrogen-bond donors (Lipinski definition) is 2. The standard InChI is InChI=1S/C6H9NS2/c1-5-2-3-9-6(5)7-4-8/h2-3,7-8H,4H2,1H3. The molecule has 0 atom stereocenters. The molecule has 1 aromatic rings. The largest absolute Gasteiger partial charge is 0.368 e. The van der Waals surface area contributed by atoms with Gasteiger partial charge in [0.2, 0.25) is 0 Å². The zero-order chi connectivity index (χ0) is 6.69. The van der Waals surface area contributed by atoms with E-state index in [1.165, 1.54) is 10.6 Å². The fraction of sp³-hybridized carbons (Fsp3) is 0.333. The smallest absolute Gasteiger partial charge is 0.0918 e. The van der Waals surface area contributed by atoms with Crippen LogP contribution in [0.2, 0.25) is 0 Å². The highest BCUT2D eigenvalue weighted by Crippen LogP contribution is 2.21. The lowest BCUT2D eigenvalue weighted by atomic mass is 10.4. The van der Waals surface area contributed by atoms with E-state index >= 15 is 0 Å². The molecular weight excluding hydrogens is 150 g/mol. The van der Waals surface area contributed by atoms with Crippen LogP contribution >= 0.6 is 24.0 Å². The van der Waals surface area contributed by atoms with Gasteiger partial charge in [0, 0.05) is 0 Å². The highest BCUT2D eigenvalue weighted by atomic mass is 32.1. The molecule has 0 aliphatic rings. The van der Waals surface area contributed by atoms with Crippen LogP contribution in [0.25, 0.3) is 0 Å². The second kappa shape index (κ2) is 3.13. The van der Waals surface area contributed by atoms with Crippen LogP contribution in [0.5, 0.6) is 0 Å². The Labute approximate surface area is 64.5 Å². The molecule has 0 fully saturated rings. The number of thiol groups is 1. The molecule has 0 saturated heterocycles. The lowest BCUT2D eigenvalue weighted by Gasteiger charge is -1.97. The van der Waals surface area contributed by atoms with Crippen LogP contribution in [0.1, 0.15) is 5.56 Å². The number of aryl methyl sites for hydroxylation is 1. The molecule has 0 saturated carbocycles. The number of hydrogen-bond acceptors (Lipinski definition) is 3. The number of nitrogens with one attached hydrogen (secondary N) is 1. The molecular formula is C6H9NS2. The molecule has 1 heterocycles. The van der Waals surface area contributed by atoms with Gasteiger partial charge in [-0.1, -0.05) is 0 Å². The van der Waals surface area contributed by atoms with Gasteiger partial charge in [-0.25, -0.2) is 0 Å². The molecule has 0 amide bonds. The summed E-state index contributed by atoms with van der Waals surface area (Å²) in [5.74, 6) is 0.710. The van der Waals surface area contributed by atoms with Gasteiger partial charge in [0.05, 0.1) is 10.9 Å². The highest BCUT2D eigenvalue weighted by molar-refractivity contribution is 7.80. The Balaban J connectivity index is 2.69. The third kappa shape index (κ3) is 1.63. The van der Waals surface area contributed by atoms with E-state index in [-0.39, 0.29) is 0 Å². The maximum atomic E-state index is 4.05. The third-order valence-electron chi connectivity index (χ3n) is 1.10. The molecule has 1 N–H and O–H groups in total. The first-order chi connectivity index (χ1) is 4.34. The molecule has 0 aliphatic carbocycles. The molecule has 9 heavy (non-hydrogen) atoms. The van der Waals surface area contributed by atoms with E-state index in [0.29, 0.717) is 5.88 Å². The van der Waals surface area contributed by atoms with Crippen molar-refractivity contribution in [2.45, 2.75) is 6.92 Å². The molecule has 0 bridgehead atoms. The maximum Gasteiger partial charge on any atom is 0.0918 e. The Morgan fingerprint density at radius 3 is 3.00 bits per heavy atom. The molecule has 0 spiro atoms. The van der Waals surface area contributed by atoms with Gasteiger partial charge < -0.3 is 5.32 Å². The van der Waals surface area contributed by atoms with Crippen LogP contribution in [0.4, 0.5) is 5.00 Å². The van der Waals surface area contributed by atoms with E-state index in [4.69, 9.17) is 0 Å². The topological polar surface area (TPSA) is 12.0 Å². The zero-order valence-electron chi connectivity index (χ0n) is 5.22. The van der Waals surface area contributed by atoms with Crippen molar-refractivity contribution in [3.63, 3.8) is 0 Å². The van der Waals surface area contributed by atoms with Gasteiger partial charge in [0.15, 0.2) is 0 Å². The van der Waals surface area contributed by atoms with Crippen molar-refractivity contribution in [2.24, 2.45) is 0 Å². The average Bonchev–Trinajstić information content (AvgIpc) is 2.18. The number of anilines is 1. The Bertz CT molecular complexity index is 183. The van der Waals surface area contributed by atoms with Crippen molar-refractivity contribution in [2.75, 3.05) is 11.2 Å². The van der Waals surface area contributed by atoms with Gasteiger partial charge in [-0.2, -0.15) is 12.6 Å². The van der Waals surface area contributed by atoms with Crippen molar-refractivity contribution in [1.29, 1.82) is 0 Å². The van der Waals surface area contributed by atoms with E-state index in [2.05, 4.69) is 36.3 Å². The van der Waals surface area contributed by atoms with Gasteiger partial charge in [-0.3, -0.25) is 0 Å². The summed E-state index contributed by atoms with van der Waals surface area (Å²) in [6.45, 7) is 2.09. The fourth-order valence-corrected chi connectivity index (χ4v) is 1.71. The third-order valence-corrected chi connectivity index (χ3v) is 2.23. The molecule has 1 nitrogen and oxygen atoms in total. The van der Waals surface area contributed by atoms with E-state index < -0.39 is 0 Å². The second-order valence-corrected chi connectivity index (χ2v) is 3.00. The quantitative estimate of drug-likeness (QED) is 0.498. The van der Waals surface area contributed by atoms with Crippen molar-refractivity contribution in [3.8, 4) is 0 Å². The Morgan fingerprint density at radius 1 is 1.78 bits per heavy atom. The summed E-state index contributed by atoms with van der Waals surface area (Å²) >= 11 is 5.76. The van der Waals surface area contributed by atoms with Crippen LogP contribution in [-0.4, -0.2) is 5.88 Å². The van der Waals surface area contributed by atoms with E-state index in [0.717, 1.165) is 0 Å². The summed E-state index contributed by atoms with van der Waals surface area (Å²) < 4.78 is 0. The lowest BCUT2D eigenvalue weighted by molar-refractivity contribution is 1.45. The minimum Gasteiger partial charge on any atom is -0.368 e. The minimum absolute atomic E-state index is 0.710. The van der Waals surface area contributed by atoms with Gasteiger partial charge in [-0.15, -0.1) is 11.3 Å². The minimum atomic E-state index is 0.710. The molecule has 1 rings (SSSR count). The van der Waals surface area contributed by atoms with E-state index in [1.807, 2.05) is 0 Å². The summed E-state index contributed by atoms with van der Waals surface area (Å²) in [5.41, 5.74) is 1.30. The van der Waals surface area contributed by atoms with Crippen LogP contribution < -0.4 is 5.32 Å². The van der Waals surface area contributed by atoms with Crippen LogP contribution in [-0.2, 0) is 0 Å². The molecule has 0 radical (unpaired) electrons. The maximum absolute atomic E-state index is 4.05. The number of thiophene rings is 1. The summed E-state index contributed by atoms with van der Waals surface area (Å²) in [4.78, 5) is 0. The van der Waals surface area contributed by atoms with Gasteiger partial charge in [0.1, 0.15) is 0 Å². The monoisotopic (exact) mass is 159 g/mol. The van der Waals surface area contributed by atoms with Gasteiger partial charge in [-0.05, 0) is 23.9 Å². The first-order valence-corrected chi connectivity index (χ1v) is 4.24. The fourth-order valence-electron chi connectivity index (χ4n) is 0.626.